The summed E-state index contributed by atoms with van der Waals surface area (Å²) >= 11 is 0. The van der Waals surface area contributed by atoms with E-state index in [1.165, 1.54) is 0 Å². The van der Waals surface area contributed by atoms with Crippen molar-refractivity contribution < 1.29 is 18.3 Å². The van der Waals surface area contributed by atoms with E-state index in [0.717, 1.165) is 12.8 Å². The van der Waals surface area contributed by atoms with Crippen molar-refractivity contribution in [1.29, 1.82) is 0 Å². The first-order valence-electron chi connectivity index (χ1n) is 4.55. The van der Waals surface area contributed by atoms with Gasteiger partial charge in [-0.1, -0.05) is 13.3 Å². The van der Waals surface area contributed by atoms with Crippen LogP contribution in [0.5, 0.6) is 0 Å². The molecule has 4 nitrogen and oxygen atoms in total. The van der Waals surface area contributed by atoms with Gasteiger partial charge < -0.3 is 9.84 Å². The van der Waals surface area contributed by atoms with Gasteiger partial charge >= 0.3 is 0 Å². The molecule has 0 aromatic rings. The van der Waals surface area contributed by atoms with Gasteiger partial charge in [0.2, 0.25) is 0 Å². The minimum absolute atomic E-state index is 0.0299. The fraction of sp³-hybridized carbons (Fsp3) is 1.00. The van der Waals surface area contributed by atoms with Crippen molar-refractivity contribution in [3.05, 3.63) is 0 Å². The summed E-state index contributed by atoms with van der Waals surface area (Å²) in [7, 11) is -3.06. The Kier molecular flexibility index (Phi) is 3.70. The van der Waals surface area contributed by atoms with E-state index in [-0.39, 0.29) is 11.5 Å². The molecule has 0 amide bonds. The van der Waals surface area contributed by atoms with Crippen molar-refractivity contribution in [1.82, 2.24) is 0 Å². The van der Waals surface area contributed by atoms with Crippen LogP contribution in [-0.2, 0) is 14.6 Å². The molecule has 0 aromatic heterocycles. The van der Waals surface area contributed by atoms with Gasteiger partial charge in [-0.3, -0.25) is 0 Å². The highest BCUT2D eigenvalue weighted by Gasteiger charge is 2.36. The van der Waals surface area contributed by atoms with Crippen LogP contribution in [0.4, 0.5) is 0 Å². The summed E-state index contributed by atoms with van der Waals surface area (Å²) in [4.78, 5) is 0. The summed E-state index contributed by atoms with van der Waals surface area (Å²) in [6.45, 7) is 2.57. The quantitative estimate of drug-likeness (QED) is 0.658. The molecule has 1 aliphatic rings. The van der Waals surface area contributed by atoms with Gasteiger partial charge in [0.1, 0.15) is 0 Å². The van der Waals surface area contributed by atoms with Crippen molar-refractivity contribution in [3.8, 4) is 0 Å². The lowest BCUT2D eigenvalue weighted by Gasteiger charge is -2.13. The zero-order chi connectivity index (χ0) is 9.90. The van der Waals surface area contributed by atoms with E-state index in [1.807, 2.05) is 6.92 Å². The van der Waals surface area contributed by atoms with Gasteiger partial charge in [-0.15, -0.1) is 0 Å². The van der Waals surface area contributed by atoms with Gasteiger partial charge in [0.05, 0.1) is 23.7 Å². The topological polar surface area (TPSA) is 63.6 Å². The van der Waals surface area contributed by atoms with Crippen LogP contribution in [0, 0.1) is 0 Å². The average molecular weight is 208 g/mol. The summed E-state index contributed by atoms with van der Waals surface area (Å²) in [6.07, 6.45) is 0.581. The van der Waals surface area contributed by atoms with Gasteiger partial charge in [-0.05, 0) is 6.42 Å². The number of hydrogen-bond acceptors (Lipinski definition) is 4. The Balaban J connectivity index is 2.36. The second kappa shape index (κ2) is 4.39. The predicted molar refractivity (Wildman–Crippen MR) is 49.3 cm³/mol. The first kappa shape index (κ1) is 10.9. The fourth-order valence-electron chi connectivity index (χ4n) is 1.34. The van der Waals surface area contributed by atoms with Crippen LogP contribution in [0.25, 0.3) is 0 Å². The van der Waals surface area contributed by atoms with Gasteiger partial charge in [-0.25, -0.2) is 8.42 Å². The largest absolute Gasteiger partial charge is 0.389 e. The molecule has 1 aliphatic heterocycles. The van der Waals surface area contributed by atoms with Crippen LogP contribution in [0.15, 0.2) is 0 Å². The van der Waals surface area contributed by atoms with E-state index in [2.05, 4.69) is 0 Å². The van der Waals surface area contributed by atoms with Crippen LogP contribution in [0.3, 0.4) is 0 Å². The number of hydrogen-bond donors (Lipinski definition) is 1. The van der Waals surface area contributed by atoms with Crippen molar-refractivity contribution >= 4 is 9.84 Å². The minimum atomic E-state index is -3.06. The molecule has 13 heavy (non-hydrogen) atoms. The Labute approximate surface area is 78.8 Å². The first-order valence-corrected chi connectivity index (χ1v) is 6.37. The molecule has 5 heteroatoms. The smallest absolute Gasteiger partial charge is 0.155 e. The second-order valence-corrected chi connectivity index (χ2v) is 5.56. The number of unbranched alkanes of at least 4 members (excludes halogenated alkanes) is 1. The zero-order valence-corrected chi connectivity index (χ0v) is 8.59. The molecule has 1 saturated heterocycles. The van der Waals surface area contributed by atoms with Crippen molar-refractivity contribution in [2.75, 3.05) is 18.1 Å². The molecule has 0 radical (unpaired) electrons. The van der Waals surface area contributed by atoms with Crippen LogP contribution in [-0.4, -0.2) is 43.8 Å². The molecule has 1 heterocycles. The van der Waals surface area contributed by atoms with Crippen LogP contribution in [0.1, 0.15) is 19.8 Å². The molecule has 1 fully saturated rings. The summed E-state index contributed by atoms with van der Waals surface area (Å²) in [5.74, 6) is -0.179. The molecule has 2 atom stereocenters. The van der Waals surface area contributed by atoms with Gasteiger partial charge in [0.25, 0.3) is 0 Å². The maximum absolute atomic E-state index is 11.0. The van der Waals surface area contributed by atoms with E-state index < -0.39 is 22.0 Å². The number of ether oxygens (including phenoxy) is 1. The van der Waals surface area contributed by atoms with E-state index in [9.17, 15) is 13.5 Å². The van der Waals surface area contributed by atoms with Gasteiger partial charge in [0, 0.05) is 6.61 Å². The lowest BCUT2D eigenvalue weighted by atomic mass is 10.2. The molecule has 0 spiro atoms. The van der Waals surface area contributed by atoms with E-state index in [4.69, 9.17) is 4.74 Å². The molecule has 0 bridgehead atoms. The standard InChI is InChI=1S/C8H16O4S/c1-2-3-4-12-8-6-13(10,11)5-7(8)9/h7-9H,2-6H2,1H3/t7-,8+/m1/s1. The van der Waals surface area contributed by atoms with E-state index in [1.54, 1.807) is 0 Å². The Morgan fingerprint density at radius 3 is 2.62 bits per heavy atom. The van der Waals surface area contributed by atoms with Crippen LogP contribution >= 0.6 is 0 Å². The molecule has 0 aliphatic carbocycles. The number of rotatable bonds is 4. The first-order chi connectivity index (χ1) is 6.05. The van der Waals surface area contributed by atoms with E-state index in [0.29, 0.717) is 6.61 Å². The molecule has 78 valence electrons. The maximum atomic E-state index is 11.0. The van der Waals surface area contributed by atoms with Crippen LogP contribution < -0.4 is 0 Å². The third-order valence-electron chi connectivity index (χ3n) is 2.10. The fourth-order valence-corrected chi connectivity index (χ4v) is 3.03. The van der Waals surface area contributed by atoms with E-state index >= 15 is 0 Å². The monoisotopic (exact) mass is 208 g/mol. The number of sulfone groups is 1. The SMILES string of the molecule is CCCCO[C@H]1CS(=O)(=O)C[C@H]1O. The highest BCUT2D eigenvalue weighted by atomic mass is 32.2. The third-order valence-corrected chi connectivity index (χ3v) is 3.79. The molecule has 1 rings (SSSR count). The molecular weight excluding hydrogens is 192 g/mol. The third kappa shape index (κ3) is 3.25. The van der Waals surface area contributed by atoms with Crippen molar-refractivity contribution in [2.45, 2.75) is 32.0 Å². The summed E-state index contributed by atoms with van der Waals surface area (Å²) in [6, 6.07) is 0. The lowest BCUT2D eigenvalue weighted by Crippen LogP contribution is -2.27. The minimum Gasteiger partial charge on any atom is -0.389 e. The Hall–Kier alpha value is -0.130. The predicted octanol–water partition coefficient (Wildman–Crippen LogP) is -0.0390. The number of aliphatic hydroxyl groups is 1. The Morgan fingerprint density at radius 1 is 1.46 bits per heavy atom. The lowest BCUT2D eigenvalue weighted by molar-refractivity contribution is -0.00854. The zero-order valence-electron chi connectivity index (χ0n) is 7.77. The summed E-state index contributed by atoms with van der Waals surface area (Å²) in [5, 5.41) is 9.32. The molecule has 0 unspecified atom stereocenters. The second-order valence-electron chi connectivity index (χ2n) is 3.41. The Morgan fingerprint density at radius 2 is 2.15 bits per heavy atom. The summed E-state index contributed by atoms with van der Waals surface area (Å²) < 4.78 is 27.4. The summed E-state index contributed by atoms with van der Waals surface area (Å²) in [5.41, 5.74) is 0. The average Bonchev–Trinajstić information content (AvgIpc) is 2.25. The number of aliphatic hydroxyl groups excluding tert-OH is 1. The Bertz CT molecular complexity index is 247. The molecule has 1 N–H and O–H groups in total. The van der Waals surface area contributed by atoms with Crippen molar-refractivity contribution in [3.63, 3.8) is 0 Å². The molecular formula is C8H16O4S. The molecule has 0 aromatic carbocycles. The highest BCUT2D eigenvalue weighted by Crippen LogP contribution is 2.15. The van der Waals surface area contributed by atoms with Crippen molar-refractivity contribution in [2.24, 2.45) is 0 Å². The van der Waals surface area contributed by atoms with Gasteiger partial charge in [0.15, 0.2) is 9.84 Å². The molecule has 0 saturated carbocycles. The normalized spacial score (nSPS) is 32.2. The van der Waals surface area contributed by atoms with Crippen LogP contribution in [0.2, 0.25) is 0 Å². The maximum Gasteiger partial charge on any atom is 0.155 e. The van der Waals surface area contributed by atoms with Gasteiger partial charge in [-0.2, -0.15) is 0 Å². The highest BCUT2D eigenvalue weighted by molar-refractivity contribution is 7.91.